The quantitative estimate of drug-likeness (QED) is 0.697. The van der Waals surface area contributed by atoms with Gasteiger partial charge in [0.25, 0.3) is 5.56 Å². The Morgan fingerprint density at radius 1 is 1.19 bits per heavy atom. The Bertz CT molecular complexity index is 954. The Morgan fingerprint density at radius 3 is 2.81 bits per heavy atom. The van der Waals surface area contributed by atoms with Crippen LogP contribution in [0.1, 0.15) is 16.8 Å². The minimum Gasteiger partial charge on any atom is -0.355 e. The number of benzene rings is 1. The molecule has 0 fully saturated rings. The molecule has 0 saturated heterocycles. The first kappa shape index (κ1) is 18.2. The van der Waals surface area contributed by atoms with Crippen molar-refractivity contribution in [3.8, 4) is 0 Å². The van der Waals surface area contributed by atoms with Crippen LogP contribution in [0, 0.1) is 6.92 Å². The highest BCUT2D eigenvalue weighted by atomic mass is 32.2. The van der Waals surface area contributed by atoms with Crippen LogP contribution in [0.15, 0.2) is 59.5 Å². The third-order valence-electron chi connectivity index (χ3n) is 3.92. The minimum absolute atomic E-state index is 0.000864. The lowest BCUT2D eigenvalue weighted by molar-refractivity contribution is -0.118. The van der Waals surface area contributed by atoms with Gasteiger partial charge < -0.3 is 5.32 Å². The number of fused-ring (bicyclic) bond motifs is 1. The van der Waals surface area contributed by atoms with Crippen molar-refractivity contribution in [3.05, 3.63) is 81.9 Å². The molecular formula is C20H21N3O2S. The maximum Gasteiger partial charge on any atom is 0.258 e. The molecule has 0 radical (unpaired) electrons. The number of carbonyl (C=O) groups excluding carboxylic acids is 1. The number of amides is 1. The van der Waals surface area contributed by atoms with Gasteiger partial charge in [-0.1, -0.05) is 36.4 Å². The average Bonchev–Trinajstić information content (AvgIpc) is 2.63. The molecule has 134 valence electrons. The molecule has 0 atom stereocenters. The highest BCUT2D eigenvalue weighted by molar-refractivity contribution is 7.99. The summed E-state index contributed by atoms with van der Waals surface area (Å²) in [6.45, 7) is 2.56. The van der Waals surface area contributed by atoms with Gasteiger partial charge in [0, 0.05) is 24.6 Å². The Labute approximate surface area is 156 Å². The zero-order valence-corrected chi connectivity index (χ0v) is 15.5. The second kappa shape index (κ2) is 8.67. The summed E-state index contributed by atoms with van der Waals surface area (Å²) in [5.74, 6) is 0.884. The van der Waals surface area contributed by atoms with Gasteiger partial charge in [-0.2, -0.15) is 0 Å². The Hall–Kier alpha value is -2.60. The molecule has 0 unspecified atom stereocenters. The largest absolute Gasteiger partial charge is 0.355 e. The van der Waals surface area contributed by atoms with E-state index in [1.54, 1.807) is 10.6 Å². The molecule has 0 aliphatic heterocycles. The first-order valence-corrected chi connectivity index (χ1v) is 9.64. The van der Waals surface area contributed by atoms with Crippen molar-refractivity contribution in [1.82, 2.24) is 14.7 Å². The molecule has 0 spiro atoms. The van der Waals surface area contributed by atoms with E-state index in [1.807, 2.05) is 49.4 Å². The number of hydrogen-bond acceptors (Lipinski definition) is 4. The fourth-order valence-electron chi connectivity index (χ4n) is 2.62. The van der Waals surface area contributed by atoms with Crippen LogP contribution in [0.4, 0.5) is 0 Å². The minimum atomic E-state index is -0.0957. The van der Waals surface area contributed by atoms with Gasteiger partial charge in [0.15, 0.2) is 0 Å². The topological polar surface area (TPSA) is 63.5 Å². The zero-order valence-electron chi connectivity index (χ0n) is 14.6. The highest BCUT2D eigenvalue weighted by Gasteiger charge is 2.05. The Morgan fingerprint density at radius 2 is 2.00 bits per heavy atom. The summed E-state index contributed by atoms with van der Waals surface area (Å²) in [6.07, 6.45) is 2.60. The van der Waals surface area contributed by atoms with Crippen LogP contribution in [0.5, 0.6) is 0 Å². The van der Waals surface area contributed by atoms with E-state index in [0.717, 1.165) is 12.0 Å². The summed E-state index contributed by atoms with van der Waals surface area (Å²) in [4.78, 5) is 28.6. The summed E-state index contributed by atoms with van der Waals surface area (Å²) < 4.78 is 1.54. The van der Waals surface area contributed by atoms with E-state index in [-0.39, 0.29) is 11.5 Å². The predicted molar refractivity (Wildman–Crippen MR) is 106 cm³/mol. The number of nitrogens with one attached hydrogen (secondary N) is 1. The second-order valence-electron chi connectivity index (χ2n) is 6.10. The molecule has 3 rings (SSSR count). The number of hydrogen-bond donors (Lipinski definition) is 1. The van der Waals surface area contributed by atoms with Crippen LogP contribution in [0.2, 0.25) is 0 Å². The maximum atomic E-state index is 12.2. The molecule has 1 aromatic carbocycles. The van der Waals surface area contributed by atoms with Gasteiger partial charge in [0.05, 0.1) is 11.4 Å². The number of thioether (sulfide) groups is 1. The van der Waals surface area contributed by atoms with Crippen molar-refractivity contribution < 1.29 is 4.79 Å². The third-order valence-corrected chi connectivity index (χ3v) is 4.89. The van der Waals surface area contributed by atoms with E-state index in [4.69, 9.17) is 0 Å². The smallest absolute Gasteiger partial charge is 0.258 e. The van der Waals surface area contributed by atoms with Gasteiger partial charge in [-0.25, -0.2) is 4.98 Å². The summed E-state index contributed by atoms with van der Waals surface area (Å²) >= 11 is 1.46. The number of pyridine rings is 1. The average molecular weight is 367 g/mol. The van der Waals surface area contributed by atoms with Crippen molar-refractivity contribution in [2.24, 2.45) is 0 Å². The van der Waals surface area contributed by atoms with E-state index in [2.05, 4.69) is 10.3 Å². The SMILES string of the molecule is Cc1ccc2nc(CSCC(=O)NCCc3ccccc3)cc(=O)n2c1. The van der Waals surface area contributed by atoms with Gasteiger partial charge in [0.2, 0.25) is 5.91 Å². The van der Waals surface area contributed by atoms with Crippen LogP contribution in [0.25, 0.3) is 5.65 Å². The molecule has 5 nitrogen and oxygen atoms in total. The molecule has 2 aromatic heterocycles. The second-order valence-corrected chi connectivity index (χ2v) is 7.08. The molecule has 3 aromatic rings. The lowest BCUT2D eigenvalue weighted by atomic mass is 10.1. The Balaban J connectivity index is 1.47. The van der Waals surface area contributed by atoms with Crippen LogP contribution in [-0.4, -0.2) is 27.6 Å². The van der Waals surface area contributed by atoms with Crippen molar-refractivity contribution in [3.63, 3.8) is 0 Å². The lowest BCUT2D eigenvalue weighted by Gasteiger charge is -2.06. The van der Waals surface area contributed by atoms with Gasteiger partial charge >= 0.3 is 0 Å². The zero-order chi connectivity index (χ0) is 18.4. The molecular weight excluding hydrogens is 346 g/mol. The van der Waals surface area contributed by atoms with Crippen molar-refractivity contribution in [2.45, 2.75) is 19.1 Å². The van der Waals surface area contributed by atoms with Crippen LogP contribution in [0.3, 0.4) is 0 Å². The van der Waals surface area contributed by atoms with Crippen LogP contribution >= 0.6 is 11.8 Å². The summed E-state index contributed by atoms with van der Waals surface area (Å²) in [7, 11) is 0. The predicted octanol–water partition coefficient (Wildman–Crippen LogP) is 2.60. The first-order chi connectivity index (χ1) is 12.6. The number of carbonyl (C=O) groups is 1. The molecule has 6 heteroatoms. The number of aryl methyl sites for hydroxylation is 1. The number of nitrogens with zero attached hydrogens (tertiary/aromatic N) is 2. The summed E-state index contributed by atoms with van der Waals surface area (Å²) in [5.41, 5.74) is 3.45. The fourth-order valence-corrected chi connectivity index (χ4v) is 3.37. The monoisotopic (exact) mass is 367 g/mol. The molecule has 0 aliphatic rings. The van der Waals surface area contributed by atoms with Crippen LogP contribution in [-0.2, 0) is 17.0 Å². The molecule has 2 heterocycles. The lowest BCUT2D eigenvalue weighted by Crippen LogP contribution is -2.27. The van der Waals surface area contributed by atoms with Crippen molar-refractivity contribution in [1.29, 1.82) is 0 Å². The van der Waals surface area contributed by atoms with Gasteiger partial charge in [-0.15, -0.1) is 11.8 Å². The van der Waals surface area contributed by atoms with E-state index in [0.29, 0.717) is 29.4 Å². The normalized spacial score (nSPS) is 10.8. The summed E-state index contributed by atoms with van der Waals surface area (Å²) in [5, 5.41) is 2.92. The van der Waals surface area contributed by atoms with Crippen molar-refractivity contribution in [2.75, 3.05) is 12.3 Å². The standard InChI is InChI=1S/C20H21N3O2S/c1-15-7-8-18-22-17(11-20(25)23(18)12-15)13-26-14-19(24)21-10-9-16-5-3-2-4-6-16/h2-8,11-12H,9-10,13-14H2,1H3,(H,21,24). The van der Waals surface area contributed by atoms with Gasteiger partial charge in [-0.05, 0) is 30.5 Å². The third kappa shape index (κ3) is 4.95. The molecule has 26 heavy (non-hydrogen) atoms. The molecule has 1 amide bonds. The molecule has 0 aliphatic carbocycles. The van der Waals surface area contributed by atoms with Crippen LogP contribution < -0.4 is 10.9 Å². The Kier molecular flexibility index (Phi) is 6.07. The molecule has 0 bridgehead atoms. The van der Waals surface area contributed by atoms with E-state index in [1.165, 1.54) is 23.4 Å². The van der Waals surface area contributed by atoms with E-state index < -0.39 is 0 Å². The van der Waals surface area contributed by atoms with Gasteiger partial charge in [0.1, 0.15) is 5.65 Å². The number of aromatic nitrogens is 2. The highest BCUT2D eigenvalue weighted by Crippen LogP contribution is 2.10. The first-order valence-electron chi connectivity index (χ1n) is 8.49. The summed E-state index contributed by atoms with van der Waals surface area (Å²) in [6, 6.07) is 15.4. The van der Waals surface area contributed by atoms with Gasteiger partial charge in [-0.3, -0.25) is 14.0 Å². The van der Waals surface area contributed by atoms with Crippen molar-refractivity contribution >= 4 is 23.3 Å². The molecule has 1 N–H and O–H groups in total. The fraction of sp³-hybridized carbons (Fsp3) is 0.250. The maximum absolute atomic E-state index is 12.2. The van der Waals surface area contributed by atoms with E-state index in [9.17, 15) is 9.59 Å². The molecule has 0 saturated carbocycles. The number of rotatable bonds is 7. The van der Waals surface area contributed by atoms with E-state index >= 15 is 0 Å².